The standard InChI is InChI=1S/C17H32N2O4/c1-13(18-10-14-5-7-21-11-14)9-15-12-22-8-6-19(15)16(20)23-17(2,3)4/h13-15,18H,5-12H2,1-4H3. The van der Waals surface area contributed by atoms with E-state index in [0.717, 1.165) is 32.6 Å². The van der Waals surface area contributed by atoms with Gasteiger partial charge in [-0.15, -0.1) is 0 Å². The van der Waals surface area contributed by atoms with Crippen LogP contribution in [-0.4, -0.2) is 68.2 Å². The van der Waals surface area contributed by atoms with Crippen molar-refractivity contribution in [3.05, 3.63) is 0 Å². The largest absolute Gasteiger partial charge is 0.444 e. The zero-order valence-electron chi connectivity index (χ0n) is 15.0. The number of carbonyl (C=O) groups is 1. The highest BCUT2D eigenvalue weighted by Gasteiger charge is 2.32. The summed E-state index contributed by atoms with van der Waals surface area (Å²) in [5, 5.41) is 3.57. The molecule has 1 amide bonds. The van der Waals surface area contributed by atoms with E-state index in [4.69, 9.17) is 14.2 Å². The number of carbonyl (C=O) groups excluding carboxylic acids is 1. The van der Waals surface area contributed by atoms with E-state index in [9.17, 15) is 4.79 Å². The highest BCUT2D eigenvalue weighted by Crippen LogP contribution is 2.18. The topological polar surface area (TPSA) is 60.0 Å². The summed E-state index contributed by atoms with van der Waals surface area (Å²) in [6, 6.07) is 0.396. The third kappa shape index (κ3) is 6.28. The second-order valence-electron chi connectivity index (χ2n) is 7.68. The van der Waals surface area contributed by atoms with Crippen LogP contribution in [0.4, 0.5) is 4.79 Å². The van der Waals surface area contributed by atoms with Gasteiger partial charge in [0.15, 0.2) is 0 Å². The molecule has 134 valence electrons. The number of nitrogens with one attached hydrogen (secondary N) is 1. The average Bonchev–Trinajstić information content (AvgIpc) is 2.97. The van der Waals surface area contributed by atoms with Crippen molar-refractivity contribution in [2.75, 3.05) is 39.5 Å². The zero-order valence-corrected chi connectivity index (χ0v) is 15.0. The molecule has 6 heteroatoms. The van der Waals surface area contributed by atoms with Gasteiger partial charge >= 0.3 is 6.09 Å². The quantitative estimate of drug-likeness (QED) is 0.837. The van der Waals surface area contributed by atoms with Crippen molar-refractivity contribution in [1.82, 2.24) is 10.2 Å². The Morgan fingerprint density at radius 2 is 2.04 bits per heavy atom. The molecule has 0 spiro atoms. The normalized spacial score (nSPS) is 27.0. The highest BCUT2D eigenvalue weighted by molar-refractivity contribution is 5.68. The van der Waals surface area contributed by atoms with Crippen LogP contribution in [-0.2, 0) is 14.2 Å². The van der Waals surface area contributed by atoms with Crippen LogP contribution in [0.15, 0.2) is 0 Å². The first-order valence-corrected chi connectivity index (χ1v) is 8.73. The maximum absolute atomic E-state index is 12.4. The van der Waals surface area contributed by atoms with E-state index in [1.807, 2.05) is 25.7 Å². The van der Waals surface area contributed by atoms with Gasteiger partial charge in [0, 0.05) is 25.7 Å². The fourth-order valence-corrected chi connectivity index (χ4v) is 3.01. The molecule has 2 aliphatic heterocycles. The summed E-state index contributed by atoms with van der Waals surface area (Å²) in [4.78, 5) is 14.2. The van der Waals surface area contributed by atoms with Gasteiger partial charge in [-0.05, 0) is 46.5 Å². The molecule has 2 fully saturated rings. The molecule has 2 saturated heterocycles. The predicted octanol–water partition coefficient (Wildman–Crippen LogP) is 2.03. The van der Waals surface area contributed by atoms with Gasteiger partial charge in [0.25, 0.3) is 0 Å². The summed E-state index contributed by atoms with van der Waals surface area (Å²) in [6.45, 7) is 12.3. The molecular formula is C17H32N2O4. The Morgan fingerprint density at radius 1 is 1.30 bits per heavy atom. The Balaban J connectivity index is 1.81. The fourth-order valence-electron chi connectivity index (χ4n) is 3.01. The Morgan fingerprint density at radius 3 is 2.70 bits per heavy atom. The first-order valence-electron chi connectivity index (χ1n) is 8.73. The third-order valence-electron chi connectivity index (χ3n) is 4.26. The van der Waals surface area contributed by atoms with Gasteiger partial charge in [-0.25, -0.2) is 4.79 Å². The van der Waals surface area contributed by atoms with Gasteiger partial charge < -0.3 is 24.4 Å². The molecule has 2 heterocycles. The van der Waals surface area contributed by atoms with E-state index in [2.05, 4.69) is 12.2 Å². The Hall–Kier alpha value is -0.850. The average molecular weight is 328 g/mol. The number of hydrogen-bond donors (Lipinski definition) is 1. The second-order valence-corrected chi connectivity index (χ2v) is 7.68. The minimum atomic E-state index is -0.466. The minimum Gasteiger partial charge on any atom is -0.444 e. The van der Waals surface area contributed by atoms with Crippen LogP contribution in [0.25, 0.3) is 0 Å². The molecule has 0 radical (unpaired) electrons. The first-order chi connectivity index (χ1) is 10.8. The van der Waals surface area contributed by atoms with Gasteiger partial charge in [0.2, 0.25) is 0 Å². The summed E-state index contributed by atoms with van der Waals surface area (Å²) < 4.78 is 16.5. The lowest BCUT2D eigenvalue weighted by Crippen LogP contribution is -2.52. The number of rotatable bonds is 5. The molecule has 0 aromatic heterocycles. The second kappa shape index (κ2) is 8.31. The SMILES string of the molecule is CC(CC1COCCN1C(=O)OC(C)(C)C)NCC1CCOC1. The van der Waals surface area contributed by atoms with E-state index >= 15 is 0 Å². The van der Waals surface area contributed by atoms with Crippen molar-refractivity contribution >= 4 is 6.09 Å². The molecule has 0 aliphatic carbocycles. The van der Waals surface area contributed by atoms with Crippen molar-refractivity contribution < 1.29 is 19.0 Å². The summed E-state index contributed by atoms with van der Waals surface area (Å²) >= 11 is 0. The van der Waals surface area contributed by atoms with Crippen LogP contribution in [0.3, 0.4) is 0 Å². The minimum absolute atomic E-state index is 0.0703. The lowest BCUT2D eigenvalue weighted by atomic mass is 10.0. The molecule has 0 bridgehead atoms. The van der Waals surface area contributed by atoms with Gasteiger partial charge in [0.1, 0.15) is 5.60 Å². The Kier molecular flexibility index (Phi) is 6.68. The number of ether oxygens (including phenoxy) is 3. The van der Waals surface area contributed by atoms with Gasteiger partial charge in [-0.3, -0.25) is 0 Å². The van der Waals surface area contributed by atoms with Crippen molar-refractivity contribution in [3.63, 3.8) is 0 Å². The summed E-state index contributed by atoms with van der Waals surface area (Å²) in [5.41, 5.74) is -0.466. The van der Waals surface area contributed by atoms with Crippen molar-refractivity contribution in [3.8, 4) is 0 Å². The molecule has 0 saturated carbocycles. The molecule has 0 aromatic carbocycles. The number of amides is 1. The monoisotopic (exact) mass is 328 g/mol. The Bertz CT molecular complexity index is 377. The van der Waals surface area contributed by atoms with Crippen LogP contribution >= 0.6 is 0 Å². The molecule has 2 rings (SSSR count). The summed E-state index contributed by atoms with van der Waals surface area (Å²) in [7, 11) is 0. The number of hydrogen-bond acceptors (Lipinski definition) is 5. The van der Waals surface area contributed by atoms with Crippen LogP contribution in [0.2, 0.25) is 0 Å². The number of nitrogens with zero attached hydrogens (tertiary/aromatic N) is 1. The van der Waals surface area contributed by atoms with Crippen molar-refractivity contribution in [2.45, 2.75) is 58.2 Å². The molecule has 23 heavy (non-hydrogen) atoms. The van der Waals surface area contributed by atoms with E-state index < -0.39 is 5.60 Å². The van der Waals surface area contributed by atoms with Crippen LogP contribution in [0.1, 0.15) is 40.5 Å². The van der Waals surface area contributed by atoms with Gasteiger partial charge in [0.05, 0.1) is 25.9 Å². The zero-order chi connectivity index (χ0) is 16.9. The summed E-state index contributed by atoms with van der Waals surface area (Å²) in [5.74, 6) is 0.613. The first kappa shape index (κ1) is 18.5. The fraction of sp³-hybridized carbons (Fsp3) is 0.941. The molecular weight excluding hydrogens is 296 g/mol. The maximum atomic E-state index is 12.4. The highest BCUT2D eigenvalue weighted by atomic mass is 16.6. The molecule has 6 nitrogen and oxygen atoms in total. The van der Waals surface area contributed by atoms with E-state index in [1.54, 1.807) is 0 Å². The summed E-state index contributed by atoms with van der Waals surface area (Å²) in [6.07, 6.45) is 1.77. The predicted molar refractivity (Wildman–Crippen MR) is 88.6 cm³/mol. The van der Waals surface area contributed by atoms with E-state index in [0.29, 0.717) is 31.7 Å². The molecule has 3 atom stereocenters. The van der Waals surface area contributed by atoms with E-state index in [-0.39, 0.29) is 12.1 Å². The maximum Gasteiger partial charge on any atom is 0.410 e. The smallest absolute Gasteiger partial charge is 0.410 e. The lowest BCUT2D eigenvalue weighted by Gasteiger charge is -2.37. The lowest BCUT2D eigenvalue weighted by molar-refractivity contribution is -0.0356. The molecule has 1 N–H and O–H groups in total. The van der Waals surface area contributed by atoms with Gasteiger partial charge in [-0.2, -0.15) is 0 Å². The number of morpholine rings is 1. The van der Waals surface area contributed by atoms with Gasteiger partial charge in [-0.1, -0.05) is 0 Å². The molecule has 3 unspecified atom stereocenters. The van der Waals surface area contributed by atoms with Crippen LogP contribution in [0.5, 0.6) is 0 Å². The third-order valence-corrected chi connectivity index (χ3v) is 4.26. The molecule has 2 aliphatic rings. The molecule has 0 aromatic rings. The Labute approximate surface area is 139 Å². The van der Waals surface area contributed by atoms with Crippen molar-refractivity contribution in [2.24, 2.45) is 5.92 Å². The van der Waals surface area contributed by atoms with E-state index in [1.165, 1.54) is 0 Å². The van der Waals surface area contributed by atoms with Crippen LogP contribution < -0.4 is 5.32 Å². The van der Waals surface area contributed by atoms with Crippen molar-refractivity contribution in [1.29, 1.82) is 0 Å². The van der Waals surface area contributed by atoms with Crippen LogP contribution in [0, 0.1) is 5.92 Å².